The molecule has 0 radical (unpaired) electrons. The van der Waals surface area contributed by atoms with Gasteiger partial charge in [0.15, 0.2) is 0 Å². The molecule has 1 aliphatic rings. The minimum atomic E-state index is 0.169. The van der Waals surface area contributed by atoms with Crippen molar-refractivity contribution in [1.82, 2.24) is 5.32 Å². The van der Waals surface area contributed by atoms with Gasteiger partial charge in [-0.1, -0.05) is 32.0 Å². The van der Waals surface area contributed by atoms with Crippen LogP contribution < -0.4 is 10.2 Å². The molecular formula is C16H26N2O. The minimum absolute atomic E-state index is 0.169. The first-order valence-corrected chi connectivity index (χ1v) is 7.25. The summed E-state index contributed by atoms with van der Waals surface area (Å²) in [5.41, 5.74) is 4.01. The minimum Gasteiger partial charge on any atom is -0.394 e. The quantitative estimate of drug-likeness (QED) is 0.877. The Morgan fingerprint density at radius 3 is 2.74 bits per heavy atom. The third-order valence-corrected chi connectivity index (χ3v) is 4.05. The summed E-state index contributed by atoms with van der Waals surface area (Å²) in [6.45, 7) is 10.9. The highest BCUT2D eigenvalue weighted by Crippen LogP contribution is 2.34. The van der Waals surface area contributed by atoms with Crippen LogP contribution in [0.5, 0.6) is 0 Å². The lowest BCUT2D eigenvalue weighted by molar-refractivity contribution is 0.235. The number of aliphatic hydroxyl groups is 1. The summed E-state index contributed by atoms with van der Waals surface area (Å²) in [6, 6.07) is 7.10. The van der Waals surface area contributed by atoms with Crippen LogP contribution in [0.25, 0.3) is 0 Å². The summed E-state index contributed by atoms with van der Waals surface area (Å²) in [7, 11) is 0. The third-order valence-electron chi connectivity index (χ3n) is 4.05. The normalized spacial score (nSPS) is 24.0. The van der Waals surface area contributed by atoms with Gasteiger partial charge in [0.1, 0.15) is 0 Å². The highest BCUT2D eigenvalue weighted by atomic mass is 16.3. The number of para-hydroxylation sites is 1. The summed E-state index contributed by atoms with van der Waals surface area (Å²) in [5, 5.41) is 13.1. The second kappa shape index (κ2) is 5.93. The molecule has 2 rings (SSSR count). The molecule has 0 aliphatic carbocycles. The van der Waals surface area contributed by atoms with Gasteiger partial charge in [-0.3, -0.25) is 0 Å². The lowest BCUT2D eigenvalue weighted by atomic mass is 9.94. The van der Waals surface area contributed by atoms with E-state index >= 15 is 0 Å². The van der Waals surface area contributed by atoms with Crippen molar-refractivity contribution in [2.24, 2.45) is 0 Å². The molecule has 1 aromatic carbocycles. The maximum Gasteiger partial charge on any atom is 0.0649 e. The predicted molar refractivity (Wildman–Crippen MR) is 81.0 cm³/mol. The van der Waals surface area contributed by atoms with E-state index in [-0.39, 0.29) is 12.6 Å². The van der Waals surface area contributed by atoms with Gasteiger partial charge in [-0.25, -0.2) is 0 Å². The fourth-order valence-corrected chi connectivity index (χ4v) is 3.07. The number of aliphatic hydroxyl groups excluding tert-OH is 1. The Morgan fingerprint density at radius 1 is 1.37 bits per heavy atom. The standard InChI is InChI=1S/C16H26N2O/c1-11(2)15-7-5-6-12(3)16(15)18-13(4)8-17-9-14(18)10-19/h5-7,11,13-14,17,19H,8-10H2,1-4H3. The molecule has 2 N–H and O–H groups in total. The number of anilines is 1. The molecule has 19 heavy (non-hydrogen) atoms. The van der Waals surface area contributed by atoms with Crippen molar-refractivity contribution in [1.29, 1.82) is 0 Å². The van der Waals surface area contributed by atoms with E-state index < -0.39 is 0 Å². The monoisotopic (exact) mass is 262 g/mol. The first-order chi connectivity index (χ1) is 9.06. The van der Waals surface area contributed by atoms with E-state index in [0.717, 1.165) is 13.1 Å². The molecule has 0 aromatic heterocycles. The summed E-state index contributed by atoms with van der Waals surface area (Å²) < 4.78 is 0. The molecule has 0 saturated carbocycles. The van der Waals surface area contributed by atoms with Crippen LogP contribution in [0.15, 0.2) is 18.2 Å². The number of hydrogen-bond donors (Lipinski definition) is 2. The molecule has 2 unspecified atom stereocenters. The highest BCUT2D eigenvalue weighted by Gasteiger charge is 2.30. The van der Waals surface area contributed by atoms with Crippen LogP contribution in [0.1, 0.15) is 37.8 Å². The molecule has 0 spiro atoms. The number of hydrogen-bond acceptors (Lipinski definition) is 3. The van der Waals surface area contributed by atoms with Crippen molar-refractivity contribution >= 4 is 5.69 Å². The number of nitrogens with one attached hydrogen (secondary N) is 1. The van der Waals surface area contributed by atoms with Gasteiger partial charge in [0.05, 0.1) is 12.6 Å². The predicted octanol–water partition coefficient (Wildman–Crippen LogP) is 2.28. The van der Waals surface area contributed by atoms with Gasteiger partial charge in [0.2, 0.25) is 0 Å². The molecule has 0 amide bonds. The zero-order valence-corrected chi connectivity index (χ0v) is 12.5. The first-order valence-electron chi connectivity index (χ1n) is 7.25. The summed E-state index contributed by atoms with van der Waals surface area (Å²) in [6.07, 6.45) is 0. The first kappa shape index (κ1) is 14.4. The second-order valence-electron chi connectivity index (χ2n) is 5.92. The lowest BCUT2D eigenvalue weighted by Gasteiger charge is -2.44. The fraction of sp³-hybridized carbons (Fsp3) is 0.625. The summed E-state index contributed by atoms with van der Waals surface area (Å²) in [5.74, 6) is 0.497. The van der Waals surface area contributed by atoms with Crippen LogP contribution in [0.3, 0.4) is 0 Å². The Kier molecular flexibility index (Phi) is 4.48. The van der Waals surface area contributed by atoms with Crippen molar-refractivity contribution in [3.8, 4) is 0 Å². The van der Waals surface area contributed by atoms with Gasteiger partial charge < -0.3 is 15.3 Å². The largest absolute Gasteiger partial charge is 0.394 e. The average Bonchev–Trinajstić information content (AvgIpc) is 2.38. The Hall–Kier alpha value is -1.06. The molecule has 3 heteroatoms. The average molecular weight is 262 g/mol. The molecule has 2 atom stereocenters. The van der Waals surface area contributed by atoms with E-state index in [1.54, 1.807) is 0 Å². The van der Waals surface area contributed by atoms with E-state index in [1.807, 2.05) is 0 Å². The van der Waals surface area contributed by atoms with Crippen LogP contribution >= 0.6 is 0 Å². The molecule has 1 aliphatic heterocycles. The van der Waals surface area contributed by atoms with Crippen molar-refractivity contribution in [3.05, 3.63) is 29.3 Å². The molecule has 0 bridgehead atoms. The topological polar surface area (TPSA) is 35.5 Å². The number of aryl methyl sites for hydroxylation is 1. The van der Waals surface area contributed by atoms with Crippen molar-refractivity contribution in [2.45, 2.75) is 45.7 Å². The van der Waals surface area contributed by atoms with Crippen LogP contribution in [0.4, 0.5) is 5.69 Å². The van der Waals surface area contributed by atoms with Crippen molar-refractivity contribution < 1.29 is 5.11 Å². The number of benzene rings is 1. The van der Waals surface area contributed by atoms with Crippen molar-refractivity contribution in [2.75, 3.05) is 24.6 Å². The molecular weight excluding hydrogens is 236 g/mol. The Balaban J connectivity index is 2.48. The zero-order chi connectivity index (χ0) is 14.0. The van der Waals surface area contributed by atoms with Gasteiger partial charge in [-0.15, -0.1) is 0 Å². The molecule has 1 heterocycles. The lowest BCUT2D eigenvalue weighted by Crippen LogP contribution is -2.58. The molecule has 3 nitrogen and oxygen atoms in total. The van der Waals surface area contributed by atoms with Crippen LogP contribution in [-0.2, 0) is 0 Å². The fourth-order valence-electron chi connectivity index (χ4n) is 3.07. The number of piperazine rings is 1. The Morgan fingerprint density at radius 2 is 2.11 bits per heavy atom. The van der Waals surface area contributed by atoms with Gasteiger partial charge in [-0.2, -0.15) is 0 Å². The maximum absolute atomic E-state index is 9.68. The van der Waals surface area contributed by atoms with Gasteiger partial charge >= 0.3 is 0 Å². The van der Waals surface area contributed by atoms with E-state index in [0.29, 0.717) is 12.0 Å². The summed E-state index contributed by atoms with van der Waals surface area (Å²) in [4.78, 5) is 2.42. The van der Waals surface area contributed by atoms with Crippen LogP contribution in [0.2, 0.25) is 0 Å². The zero-order valence-electron chi connectivity index (χ0n) is 12.5. The molecule has 1 fully saturated rings. The smallest absolute Gasteiger partial charge is 0.0649 e. The van der Waals surface area contributed by atoms with Crippen LogP contribution in [-0.4, -0.2) is 36.9 Å². The molecule has 1 saturated heterocycles. The Bertz CT molecular complexity index is 431. The van der Waals surface area contributed by atoms with E-state index in [1.165, 1.54) is 16.8 Å². The van der Waals surface area contributed by atoms with Crippen molar-refractivity contribution in [3.63, 3.8) is 0 Å². The van der Waals surface area contributed by atoms with Gasteiger partial charge in [0, 0.05) is 24.8 Å². The van der Waals surface area contributed by atoms with Gasteiger partial charge in [-0.05, 0) is 30.9 Å². The number of rotatable bonds is 3. The van der Waals surface area contributed by atoms with E-state index in [2.05, 4.69) is 56.1 Å². The van der Waals surface area contributed by atoms with E-state index in [9.17, 15) is 5.11 Å². The summed E-state index contributed by atoms with van der Waals surface area (Å²) >= 11 is 0. The molecule has 1 aromatic rings. The number of nitrogens with zero attached hydrogens (tertiary/aromatic N) is 1. The van der Waals surface area contributed by atoms with E-state index in [4.69, 9.17) is 0 Å². The van der Waals surface area contributed by atoms with Gasteiger partial charge in [0.25, 0.3) is 0 Å². The maximum atomic E-state index is 9.68. The van der Waals surface area contributed by atoms with Crippen LogP contribution in [0, 0.1) is 6.92 Å². The Labute approximate surface area is 116 Å². The molecule has 106 valence electrons. The highest BCUT2D eigenvalue weighted by molar-refractivity contribution is 5.62. The third kappa shape index (κ3) is 2.77. The second-order valence-corrected chi connectivity index (χ2v) is 5.92. The SMILES string of the molecule is Cc1cccc(C(C)C)c1N1C(C)CNCC1CO.